The molecular weight excluding hydrogens is 200 g/mol. The predicted octanol–water partition coefficient (Wildman–Crippen LogP) is 1.25. The van der Waals surface area contributed by atoms with Gasteiger partial charge >= 0.3 is 0 Å². The Morgan fingerprint density at radius 3 is 2.62 bits per heavy atom. The zero-order valence-corrected chi connectivity index (χ0v) is 9.21. The van der Waals surface area contributed by atoms with Crippen molar-refractivity contribution in [3.05, 3.63) is 35.9 Å². The largest absolute Gasteiger partial charge is 0.396 e. The van der Waals surface area contributed by atoms with Crippen LogP contribution >= 0.6 is 0 Å². The molecule has 16 heavy (non-hydrogen) atoms. The van der Waals surface area contributed by atoms with Crippen LogP contribution in [0.2, 0.25) is 0 Å². The van der Waals surface area contributed by atoms with Crippen LogP contribution in [0.3, 0.4) is 0 Å². The maximum Gasteiger partial charge on any atom is 0.0673 e. The normalized spacial score (nSPS) is 25.5. The van der Waals surface area contributed by atoms with Crippen LogP contribution in [-0.4, -0.2) is 29.7 Å². The van der Waals surface area contributed by atoms with Gasteiger partial charge in [0, 0.05) is 32.2 Å². The molecule has 0 spiro atoms. The van der Waals surface area contributed by atoms with Gasteiger partial charge in [0.25, 0.3) is 0 Å². The van der Waals surface area contributed by atoms with E-state index in [0.717, 1.165) is 19.6 Å². The van der Waals surface area contributed by atoms with Gasteiger partial charge in [-0.2, -0.15) is 5.26 Å². The fourth-order valence-corrected chi connectivity index (χ4v) is 2.26. The molecule has 84 valence electrons. The molecule has 2 atom stereocenters. The third kappa shape index (κ3) is 2.41. The Bertz CT molecular complexity index is 371. The molecule has 1 aliphatic heterocycles. The molecule has 0 amide bonds. The number of hydrogen-bond donors (Lipinski definition) is 1. The molecule has 1 heterocycles. The summed E-state index contributed by atoms with van der Waals surface area (Å²) in [7, 11) is 0. The molecule has 0 bridgehead atoms. The lowest BCUT2D eigenvalue weighted by atomic mass is 9.99. The van der Waals surface area contributed by atoms with Crippen molar-refractivity contribution in [1.82, 2.24) is 4.90 Å². The Labute approximate surface area is 95.9 Å². The van der Waals surface area contributed by atoms with Gasteiger partial charge in [0.1, 0.15) is 0 Å². The number of nitrogens with zero attached hydrogens (tertiary/aromatic N) is 2. The molecule has 1 aromatic carbocycles. The summed E-state index contributed by atoms with van der Waals surface area (Å²) in [5, 5.41) is 18.1. The smallest absolute Gasteiger partial charge is 0.0673 e. The molecule has 0 aliphatic carbocycles. The fraction of sp³-hybridized carbons (Fsp3) is 0.462. The van der Waals surface area contributed by atoms with Gasteiger partial charge in [-0.15, -0.1) is 0 Å². The van der Waals surface area contributed by atoms with Gasteiger partial charge in [0.15, 0.2) is 0 Å². The van der Waals surface area contributed by atoms with Crippen LogP contribution in [0.5, 0.6) is 0 Å². The maximum atomic E-state index is 9.17. The number of hydrogen-bond acceptors (Lipinski definition) is 3. The lowest BCUT2D eigenvalue weighted by Crippen LogP contribution is -2.20. The number of rotatable bonds is 3. The first kappa shape index (κ1) is 11.1. The Morgan fingerprint density at radius 1 is 1.31 bits per heavy atom. The van der Waals surface area contributed by atoms with Crippen LogP contribution in [0.4, 0.5) is 0 Å². The Morgan fingerprint density at radius 2 is 2.06 bits per heavy atom. The molecule has 0 unspecified atom stereocenters. The summed E-state index contributed by atoms with van der Waals surface area (Å²) in [5.41, 5.74) is 1.26. The molecule has 1 N–H and O–H groups in total. The number of aliphatic hydroxyl groups is 1. The Kier molecular flexibility index (Phi) is 3.55. The number of nitriles is 1. The molecule has 1 aromatic rings. The minimum absolute atomic E-state index is 0.0197. The molecular formula is C13H16N2O. The molecule has 3 heteroatoms. The van der Waals surface area contributed by atoms with Crippen molar-refractivity contribution in [2.45, 2.75) is 6.54 Å². The first-order valence-corrected chi connectivity index (χ1v) is 5.60. The van der Waals surface area contributed by atoms with Crippen molar-refractivity contribution in [3.63, 3.8) is 0 Å². The van der Waals surface area contributed by atoms with Crippen LogP contribution in [0.25, 0.3) is 0 Å². The van der Waals surface area contributed by atoms with E-state index in [1.54, 1.807) is 0 Å². The number of benzene rings is 1. The number of likely N-dealkylation sites (tertiary alicyclic amines) is 1. The fourth-order valence-electron chi connectivity index (χ4n) is 2.26. The third-order valence-electron chi connectivity index (χ3n) is 3.17. The van der Waals surface area contributed by atoms with Crippen LogP contribution in [0.15, 0.2) is 30.3 Å². The highest BCUT2D eigenvalue weighted by Crippen LogP contribution is 2.23. The molecule has 0 radical (unpaired) electrons. The first-order chi connectivity index (χ1) is 7.83. The van der Waals surface area contributed by atoms with Gasteiger partial charge < -0.3 is 5.11 Å². The molecule has 1 saturated heterocycles. The van der Waals surface area contributed by atoms with Crippen molar-refractivity contribution in [2.75, 3.05) is 19.7 Å². The van der Waals surface area contributed by atoms with Crippen molar-refractivity contribution in [3.8, 4) is 6.07 Å². The van der Waals surface area contributed by atoms with Crippen molar-refractivity contribution in [1.29, 1.82) is 5.26 Å². The van der Waals surface area contributed by atoms with E-state index in [9.17, 15) is 5.11 Å². The van der Waals surface area contributed by atoms with E-state index in [4.69, 9.17) is 5.26 Å². The van der Waals surface area contributed by atoms with Crippen LogP contribution in [0.1, 0.15) is 5.56 Å². The summed E-state index contributed by atoms with van der Waals surface area (Å²) in [6.07, 6.45) is 0. The lowest BCUT2D eigenvalue weighted by Gasteiger charge is -2.14. The second kappa shape index (κ2) is 5.11. The summed E-state index contributed by atoms with van der Waals surface area (Å²) >= 11 is 0. The highest BCUT2D eigenvalue weighted by atomic mass is 16.3. The Balaban J connectivity index is 1.96. The third-order valence-corrected chi connectivity index (χ3v) is 3.17. The molecule has 0 aromatic heterocycles. The summed E-state index contributed by atoms with van der Waals surface area (Å²) in [6, 6.07) is 12.5. The quantitative estimate of drug-likeness (QED) is 0.827. The molecule has 1 aliphatic rings. The minimum Gasteiger partial charge on any atom is -0.396 e. The van der Waals surface area contributed by atoms with Gasteiger partial charge in [-0.25, -0.2) is 0 Å². The summed E-state index contributed by atoms with van der Waals surface area (Å²) in [6.45, 7) is 2.58. The SMILES string of the molecule is N#C[C@H]1CN(Cc2ccccc2)C[C@@H]1CO. The molecule has 2 rings (SSSR count). The zero-order valence-electron chi connectivity index (χ0n) is 9.21. The second-order valence-corrected chi connectivity index (χ2v) is 4.36. The van der Waals surface area contributed by atoms with E-state index in [2.05, 4.69) is 23.1 Å². The van der Waals surface area contributed by atoms with E-state index in [1.807, 2.05) is 18.2 Å². The molecule has 1 fully saturated rings. The second-order valence-electron chi connectivity index (χ2n) is 4.36. The van der Waals surface area contributed by atoms with E-state index < -0.39 is 0 Å². The van der Waals surface area contributed by atoms with Crippen LogP contribution in [0, 0.1) is 23.2 Å². The van der Waals surface area contributed by atoms with Crippen LogP contribution in [-0.2, 0) is 6.54 Å². The zero-order chi connectivity index (χ0) is 11.4. The summed E-state index contributed by atoms with van der Waals surface area (Å²) in [5.74, 6) is 0.0995. The summed E-state index contributed by atoms with van der Waals surface area (Å²) in [4.78, 5) is 2.24. The molecule has 0 saturated carbocycles. The van der Waals surface area contributed by atoms with Crippen molar-refractivity contribution in [2.24, 2.45) is 11.8 Å². The summed E-state index contributed by atoms with van der Waals surface area (Å²) < 4.78 is 0. The van der Waals surface area contributed by atoms with Crippen molar-refractivity contribution >= 4 is 0 Å². The van der Waals surface area contributed by atoms with Crippen LogP contribution < -0.4 is 0 Å². The van der Waals surface area contributed by atoms with Gasteiger partial charge in [-0.05, 0) is 5.56 Å². The maximum absolute atomic E-state index is 9.17. The van der Waals surface area contributed by atoms with E-state index >= 15 is 0 Å². The highest BCUT2D eigenvalue weighted by Gasteiger charge is 2.31. The van der Waals surface area contributed by atoms with Crippen molar-refractivity contribution < 1.29 is 5.11 Å². The molecule has 3 nitrogen and oxygen atoms in total. The van der Waals surface area contributed by atoms with Gasteiger partial charge in [0.2, 0.25) is 0 Å². The standard InChI is InChI=1S/C13H16N2O/c14-6-12-8-15(9-13(12)10-16)7-11-4-2-1-3-5-11/h1-5,12-13,16H,7-10H2/t12-,13+/m0/s1. The topological polar surface area (TPSA) is 47.3 Å². The van der Waals surface area contributed by atoms with Gasteiger partial charge in [0.05, 0.1) is 12.0 Å². The average Bonchev–Trinajstić information content (AvgIpc) is 2.72. The lowest BCUT2D eigenvalue weighted by molar-refractivity contribution is 0.211. The first-order valence-electron chi connectivity index (χ1n) is 5.60. The van der Waals surface area contributed by atoms with E-state index in [-0.39, 0.29) is 18.4 Å². The Hall–Kier alpha value is -1.37. The monoisotopic (exact) mass is 216 g/mol. The van der Waals surface area contributed by atoms with E-state index in [1.165, 1.54) is 5.56 Å². The van der Waals surface area contributed by atoms with Gasteiger partial charge in [-0.1, -0.05) is 30.3 Å². The number of aliphatic hydroxyl groups excluding tert-OH is 1. The average molecular weight is 216 g/mol. The predicted molar refractivity (Wildman–Crippen MR) is 61.4 cm³/mol. The van der Waals surface area contributed by atoms with E-state index in [0.29, 0.717) is 0 Å². The minimum atomic E-state index is -0.0197. The van der Waals surface area contributed by atoms with Gasteiger partial charge in [-0.3, -0.25) is 4.90 Å². The highest BCUT2D eigenvalue weighted by molar-refractivity contribution is 5.15.